The van der Waals surface area contributed by atoms with Gasteiger partial charge in [0.1, 0.15) is 5.78 Å². The second kappa shape index (κ2) is 3.00. The van der Waals surface area contributed by atoms with Crippen LogP contribution in [0.2, 0.25) is 0 Å². The number of carbonyl (C=O) groups is 1. The van der Waals surface area contributed by atoms with Crippen molar-refractivity contribution in [3.63, 3.8) is 0 Å². The van der Waals surface area contributed by atoms with E-state index in [4.69, 9.17) is 0 Å². The third kappa shape index (κ3) is 1.54. The van der Waals surface area contributed by atoms with Crippen molar-refractivity contribution in [2.75, 3.05) is 0 Å². The monoisotopic (exact) mass is 125 g/mol. The molecule has 1 atom stereocenters. The summed E-state index contributed by atoms with van der Waals surface area (Å²) in [5, 5.41) is 0. The Kier molecular flexibility index (Phi) is 2.26. The minimum Gasteiger partial charge on any atom is -0.299 e. The van der Waals surface area contributed by atoms with E-state index in [1.54, 1.807) is 0 Å². The molecular weight excluding hydrogens is 112 g/mol. The number of ketones is 1. The van der Waals surface area contributed by atoms with Crippen LogP contribution in [-0.2, 0) is 4.79 Å². The molecule has 0 bridgehead atoms. The summed E-state index contributed by atoms with van der Waals surface area (Å²) in [4.78, 5) is 11.0. The van der Waals surface area contributed by atoms with Crippen LogP contribution in [0.5, 0.6) is 0 Å². The molecule has 1 saturated carbocycles. The first-order chi connectivity index (χ1) is 4.34. The molecular formula is C8H13O. The molecule has 0 spiro atoms. The number of rotatable bonds is 1. The fourth-order valence-corrected chi connectivity index (χ4v) is 1.36. The van der Waals surface area contributed by atoms with E-state index < -0.39 is 0 Å². The summed E-state index contributed by atoms with van der Waals surface area (Å²) in [7, 11) is 0. The van der Waals surface area contributed by atoms with Crippen LogP contribution in [-0.4, -0.2) is 5.78 Å². The summed E-state index contributed by atoms with van der Waals surface area (Å²) >= 11 is 0. The van der Waals surface area contributed by atoms with Crippen LogP contribution in [0, 0.1) is 12.3 Å². The maximum Gasteiger partial charge on any atom is 0.136 e. The van der Waals surface area contributed by atoms with E-state index in [0.29, 0.717) is 11.7 Å². The molecule has 0 aliphatic heterocycles. The van der Waals surface area contributed by atoms with Gasteiger partial charge in [0, 0.05) is 12.3 Å². The van der Waals surface area contributed by atoms with Crippen molar-refractivity contribution in [2.45, 2.75) is 32.6 Å². The minimum absolute atomic E-state index is 0.291. The molecule has 1 aliphatic rings. The molecule has 1 rings (SSSR count). The molecule has 9 heavy (non-hydrogen) atoms. The van der Waals surface area contributed by atoms with Gasteiger partial charge in [-0.1, -0.05) is 13.3 Å². The lowest BCUT2D eigenvalue weighted by Crippen LogP contribution is -2.18. The lowest BCUT2D eigenvalue weighted by molar-refractivity contribution is -0.123. The van der Waals surface area contributed by atoms with Crippen molar-refractivity contribution >= 4 is 5.78 Å². The fourth-order valence-electron chi connectivity index (χ4n) is 1.36. The van der Waals surface area contributed by atoms with E-state index in [1.165, 1.54) is 6.42 Å². The molecule has 0 amide bonds. The third-order valence-electron chi connectivity index (χ3n) is 2.00. The standard InChI is InChI=1S/C8H13O/c1-2-7-5-3-4-6-8(7)9/h2,7H,3-6H2,1H3. The van der Waals surface area contributed by atoms with E-state index >= 15 is 0 Å². The predicted octanol–water partition coefficient (Wildman–Crippen LogP) is 1.97. The number of carbonyl (C=O) groups excluding carboxylic acids is 1. The van der Waals surface area contributed by atoms with Gasteiger partial charge in [-0.2, -0.15) is 0 Å². The molecule has 1 aliphatic carbocycles. The van der Waals surface area contributed by atoms with Gasteiger partial charge < -0.3 is 0 Å². The van der Waals surface area contributed by atoms with Crippen LogP contribution in [0.4, 0.5) is 0 Å². The molecule has 0 saturated heterocycles. The molecule has 1 heteroatoms. The predicted molar refractivity (Wildman–Crippen MR) is 36.9 cm³/mol. The minimum atomic E-state index is 0.291. The first-order valence-electron chi connectivity index (χ1n) is 3.67. The zero-order valence-electron chi connectivity index (χ0n) is 5.89. The average Bonchev–Trinajstić information content (AvgIpc) is 1.89. The van der Waals surface area contributed by atoms with Crippen molar-refractivity contribution in [1.82, 2.24) is 0 Å². The van der Waals surface area contributed by atoms with Crippen LogP contribution in [0.25, 0.3) is 0 Å². The molecule has 51 valence electrons. The zero-order valence-corrected chi connectivity index (χ0v) is 5.89. The maximum absolute atomic E-state index is 11.0. The summed E-state index contributed by atoms with van der Waals surface area (Å²) in [6.07, 6.45) is 6.29. The highest BCUT2D eigenvalue weighted by atomic mass is 16.1. The summed E-state index contributed by atoms with van der Waals surface area (Å²) in [6.45, 7) is 1.98. The van der Waals surface area contributed by atoms with E-state index in [2.05, 4.69) is 0 Å². The number of Topliss-reactive ketones (excluding diaryl/α,β-unsaturated/α-hetero) is 1. The van der Waals surface area contributed by atoms with Gasteiger partial charge in [0.05, 0.1) is 0 Å². The van der Waals surface area contributed by atoms with Crippen LogP contribution in [0.1, 0.15) is 32.6 Å². The Labute approximate surface area is 56.4 Å². The van der Waals surface area contributed by atoms with Crippen molar-refractivity contribution in [2.24, 2.45) is 5.92 Å². The van der Waals surface area contributed by atoms with Crippen LogP contribution in [0.3, 0.4) is 0 Å². The normalized spacial score (nSPS) is 28.6. The van der Waals surface area contributed by atoms with Crippen LogP contribution >= 0.6 is 0 Å². The quantitative estimate of drug-likeness (QED) is 0.523. The molecule has 0 aromatic carbocycles. The van der Waals surface area contributed by atoms with Crippen LogP contribution in [0.15, 0.2) is 0 Å². The Bertz CT molecular complexity index is 107. The SMILES string of the molecule is C[CH]C1CCCCC1=O. The Morgan fingerprint density at radius 1 is 1.56 bits per heavy atom. The molecule has 1 unspecified atom stereocenters. The molecule has 0 N–H and O–H groups in total. The van der Waals surface area contributed by atoms with Gasteiger partial charge in [-0.25, -0.2) is 0 Å². The summed E-state index contributed by atoms with van der Waals surface area (Å²) in [6, 6.07) is 0. The molecule has 1 radical (unpaired) electrons. The lowest BCUT2D eigenvalue weighted by atomic mass is 9.86. The van der Waals surface area contributed by atoms with Gasteiger partial charge in [0.2, 0.25) is 0 Å². The van der Waals surface area contributed by atoms with Gasteiger partial charge in [-0.05, 0) is 19.3 Å². The van der Waals surface area contributed by atoms with E-state index in [1.807, 2.05) is 13.3 Å². The van der Waals surface area contributed by atoms with Crippen LogP contribution < -0.4 is 0 Å². The number of hydrogen-bond acceptors (Lipinski definition) is 1. The molecule has 0 aromatic rings. The first-order valence-corrected chi connectivity index (χ1v) is 3.67. The molecule has 0 aromatic heterocycles. The zero-order chi connectivity index (χ0) is 6.69. The summed E-state index contributed by atoms with van der Waals surface area (Å²) in [5.41, 5.74) is 0. The second-order valence-corrected chi connectivity index (χ2v) is 2.65. The Morgan fingerprint density at radius 2 is 2.33 bits per heavy atom. The van der Waals surface area contributed by atoms with E-state index in [9.17, 15) is 4.79 Å². The van der Waals surface area contributed by atoms with Crippen molar-refractivity contribution in [3.05, 3.63) is 6.42 Å². The first kappa shape index (κ1) is 6.79. The largest absolute Gasteiger partial charge is 0.299 e. The van der Waals surface area contributed by atoms with Crippen molar-refractivity contribution in [3.8, 4) is 0 Å². The third-order valence-corrected chi connectivity index (χ3v) is 2.00. The highest BCUT2D eigenvalue weighted by Gasteiger charge is 2.19. The Hall–Kier alpha value is -0.330. The highest BCUT2D eigenvalue weighted by Crippen LogP contribution is 2.21. The molecule has 1 fully saturated rings. The van der Waals surface area contributed by atoms with Crippen molar-refractivity contribution < 1.29 is 4.79 Å². The van der Waals surface area contributed by atoms with Crippen molar-refractivity contribution in [1.29, 1.82) is 0 Å². The van der Waals surface area contributed by atoms with E-state index in [0.717, 1.165) is 19.3 Å². The lowest BCUT2D eigenvalue weighted by Gasteiger charge is -2.17. The fraction of sp³-hybridized carbons (Fsp3) is 0.750. The summed E-state index contributed by atoms with van der Waals surface area (Å²) in [5.74, 6) is 0.738. The summed E-state index contributed by atoms with van der Waals surface area (Å²) < 4.78 is 0. The van der Waals surface area contributed by atoms with Gasteiger partial charge in [-0.15, -0.1) is 0 Å². The van der Waals surface area contributed by atoms with Gasteiger partial charge in [0.15, 0.2) is 0 Å². The smallest absolute Gasteiger partial charge is 0.136 e. The molecule has 1 nitrogen and oxygen atoms in total. The van der Waals surface area contributed by atoms with E-state index in [-0.39, 0.29) is 0 Å². The van der Waals surface area contributed by atoms with Gasteiger partial charge in [0.25, 0.3) is 0 Å². The Balaban J connectivity index is 2.39. The Morgan fingerprint density at radius 3 is 2.78 bits per heavy atom. The topological polar surface area (TPSA) is 17.1 Å². The van der Waals surface area contributed by atoms with Gasteiger partial charge >= 0.3 is 0 Å². The van der Waals surface area contributed by atoms with Gasteiger partial charge in [-0.3, -0.25) is 4.79 Å². The number of hydrogen-bond donors (Lipinski definition) is 0. The highest BCUT2D eigenvalue weighted by molar-refractivity contribution is 5.82. The average molecular weight is 125 g/mol. The second-order valence-electron chi connectivity index (χ2n) is 2.65. The maximum atomic E-state index is 11.0. The molecule has 0 heterocycles.